The average Bonchev–Trinajstić information content (AvgIpc) is 2.63. The van der Waals surface area contributed by atoms with Gasteiger partial charge in [0.15, 0.2) is 5.78 Å². The molecule has 5 heteroatoms. The van der Waals surface area contributed by atoms with Crippen LogP contribution in [0, 0.1) is 5.41 Å². The van der Waals surface area contributed by atoms with Crippen LogP contribution in [0.5, 0.6) is 0 Å². The molecule has 1 aliphatic rings. The zero-order valence-electron chi connectivity index (χ0n) is 11.5. The Morgan fingerprint density at radius 2 is 1.90 bits per heavy atom. The van der Waals surface area contributed by atoms with Crippen molar-refractivity contribution in [2.24, 2.45) is 5.41 Å². The van der Waals surface area contributed by atoms with Crippen molar-refractivity contribution in [2.45, 2.75) is 26.7 Å². The molecule has 4 nitrogen and oxygen atoms in total. The first-order chi connectivity index (χ1) is 9.34. The fourth-order valence-corrected chi connectivity index (χ4v) is 2.57. The lowest BCUT2D eigenvalue weighted by Crippen LogP contribution is -2.34. The number of ketones is 2. The van der Waals surface area contributed by atoms with Crippen molar-refractivity contribution >= 4 is 39.1 Å². The Bertz CT molecular complexity index is 567. The van der Waals surface area contributed by atoms with Crippen LogP contribution in [0.25, 0.3) is 0 Å². The van der Waals surface area contributed by atoms with Gasteiger partial charge in [-0.3, -0.25) is 9.59 Å². The molecule has 1 aromatic carbocycles. The lowest BCUT2D eigenvalue weighted by atomic mass is 9.82. The van der Waals surface area contributed by atoms with Crippen LogP contribution in [0.2, 0.25) is 0 Å². The van der Waals surface area contributed by atoms with E-state index in [4.69, 9.17) is 0 Å². The molecule has 1 aromatic rings. The molecule has 1 aliphatic heterocycles. The standard InChI is InChI=1S/C15H16BrNO3/c1-10(18)7-8-15(2)13(19)9-17(14(15)20)12-5-3-11(16)4-6-12/h3-6H,7-9H2,1-2H3. The predicted molar refractivity (Wildman–Crippen MR) is 79.5 cm³/mol. The summed E-state index contributed by atoms with van der Waals surface area (Å²) in [5.41, 5.74) is -0.364. The highest BCUT2D eigenvalue weighted by atomic mass is 79.9. The van der Waals surface area contributed by atoms with Crippen molar-refractivity contribution in [2.75, 3.05) is 11.4 Å². The number of Topliss-reactive ketones (excluding diaryl/α,β-unsaturated/α-hetero) is 2. The predicted octanol–water partition coefficient (Wildman–Crippen LogP) is 2.74. The highest BCUT2D eigenvalue weighted by molar-refractivity contribution is 9.10. The number of halogens is 1. The van der Waals surface area contributed by atoms with Gasteiger partial charge in [-0.15, -0.1) is 0 Å². The number of carbonyl (C=O) groups excluding carboxylic acids is 3. The van der Waals surface area contributed by atoms with E-state index in [0.29, 0.717) is 5.69 Å². The largest absolute Gasteiger partial charge is 0.304 e. The zero-order chi connectivity index (χ0) is 14.9. The summed E-state index contributed by atoms with van der Waals surface area (Å²) in [6, 6.07) is 7.26. The normalized spacial score (nSPS) is 22.4. The molecule has 0 bridgehead atoms. The third-order valence-electron chi connectivity index (χ3n) is 3.75. The van der Waals surface area contributed by atoms with Gasteiger partial charge in [-0.05, 0) is 44.5 Å². The number of benzene rings is 1. The highest BCUT2D eigenvalue weighted by Crippen LogP contribution is 2.36. The second-order valence-electron chi connectivity index (χ2n) is 5.33. The summed E-state index contributed by atoms with van der Waals surface area (Å²) in [4.78, 5) is 37.3. The molecule has 2 rings (SSSR count). The van der Waals surface area contributed by atoms with Crippen LogP contribution < -0.4 is 4.90 Å². The summed E-state index contributed by atoms with van der Waals surface area (Å²) in [6.07, 6.45) is 0.537. The Balaban J connectivity index is 2.24. The van der Waals surface area contributed by atoms with Crippen molar-refractivity contribution in [1.82, 2.24) is 0 Å². The van der Waals surface area contributed by atoms with Gasteiger partial charge < -0.3 is 9.69 Å². The second-order valence-corrected chi connectivity index (χ2v) is 6.24. The van der Waals surface area contributed by atoms with Crippen LogP contribution in [0.15, 0.2) is 28.7 Å². The maximum absolute atomic E-state index is 12.5. The van der Waals surface area contributed by atoms with Crippen LogP contribution in [0.4, 0.5) is 5.69 Å². The quantitative estimate of drug-likeness (QED) is 0.794. The van der Waals surface area contributed by atoms with E-state index in [1.54, 1.807) is 19.1 Å². The minimum atomic E-state index is -1.07. The fraction of sp³-hybridized carbons (Fsp3) is 0.400. The number of hydrogen-bond acceptors (Lipinski definition) is 3. The van der Waals surface area contributed by atoms with E-state index in [1.165, 1.54) is 11.8 Å². The molecule has 0 spiro atoms. The minimum Gasteiger partial charge on any atom is -0.304 e. The number of hydrogen-bond donors (Lipinski definition) is 0. The maximum atomic E-state index is 12.5. The summed E-state index contributed by atoms with van der Waals surface area (Å²) >= 11 is 3.34. The van der Waals surface area contributed by atoms with Crippen molar-refractivity contribution in [3.8, 4) is 0 Å². The smallest absolute Gasteiger partial charge is 0.240 e. The molecular formula is C15H16BrNO3. The SMILES string of the molecule is CC(=O)CCC1(C)C(=O)CN(c2ccc(Br)cc2)C1=O. The van der Waals surface area contributed by atoms with E-state index in [9.17, 15) is 14.4 Å². The molecule has 0 N–H and O–H groups in total. The van der Waals surface area contributed by atoms with E-state index >= 15 is 0 Å². The summed E-state index contributed by atoms with van der Waals surface area (Å²) in [5.74, 6) is -0.341. The Morgan fingerprint density at radius 1 is 1.30 bits per heavy atom. The first-order valence-corrected chi connectivity index (χ1v) is 7.24. The van der Waals surface area contributed by atoms with Crippen LogP contribution in [-0.2, 0) is 14.4 Å². The number of nitrogens with zero attached hydrogens (tertiary/aromatic N) is 1. The van der Waals surface area contributed by atoms with Gasteiger partial charge in [0.2, 0.25) is 5.91 Å². The summed E-state index contributed by atoms with van der Waals surface area (Å²) in [6.45, 7) is 3.19. The van der Waals surface area contributed by atoms with Gasteiger partial charge in [0.25, 0.3) is 0 Å². The first kappa shape index (κ1) is 14.9. The van der Waals surface area contributed by atoms with E-state index in [-0.39, 0.29) is 36.9 Å². The summed E-state index contributed by atoms with van der Waals surface area (Å²) in [7, 11) is 0. The van der Waals surface area contributed by atoms with Crippen molar-refractivity contribution in [3.63, 3.8) is 0 Å². The fourth-order valence-electron chi connectivity index (χ4n) is 2.31. The number of carbonyl (C=O) groups is 3. The maximum Gasteiger partial charge on any atom is 0.240 e. The second kappa shape index (κ2) is 5.48. The van der Waals surface area contributed by atoms with Crippen molar-refractivity contribution < 1.29 is 14.4 Å². The molecule has 0 radical (unpaired) electrons. The molecule has 0 aromatic heterocycles. The Labute approximate surface area is 126 Å². The molecule has 106 valence electrons. The molecule has 1 saturated heterocycles. The minimum absolute atomic E-state index is 0.00563. The van der Waals surface area contributed by atoms with Crippen molar-refractivity contribution in [3.05, 3.63) is 28.7 Å². The van der Waals surface area contributed by atoms with Gasteiger partial charge in [-0.2, -0.15) is 0 Å². The van der Waals surface area contributed by atoms with Crippen LogP contribution in [0.3, 0.4) is 0 Å². The van der Waals surface area contributed by atoms with E-state index in [0.717, 1.165) is 4.47 Å². The van der Waals surface area contributed by atoms with E-state index < -0.39 is 5.41 Å². The zero-order valence-corrected chi connectivity index (χ0v) is 13.1. The van der Waals surface area contributed by atoms with Gasteiger partial charge in [0.1, 0.15) is 11.2 Å². The van der Waals surface area contributed by atoms with Gasteiger partial charge in [0.05, 0.1) is 6.54 Å². The molecule has 0 saturated carbocycles. The first-order valence-electron chi connectivity index (χ1n) is 6.45. The van der Waals surface area contributed by atoms with Gasteiger partial charge >= 0.3 is 0 Å². The lowest BCUT2D eigenvalue weighted by Gasteiger charge is -2.21. The van der Waals surface area contributed by atoms with Gasteiger partial charge in [-0.25, -0.2) is 0 Å². The summed E-state index contributed by atoms with van der Waals surface area (Å²) in [5, 5.41) is 0. The molecular weight excluding hydrogens is 322 g/mol. The number of anilines is 1. The van der Waals surface area contributed by atoms with Crippen LogP contribution in [-0.4, -0.2) is 24.0 Å². The summed E-state index contributed by atoms with van der Waals surface area (Å²) < 4.78 is 0.915. The van der Waals surface area contributed by atoms with E-state index in [2.05, 4.69) is 15.9 Å². The molecule has 1 fully saturated rings. The molecule has 1 atom stereocenters. The average molecular weight is 338 g/mol. The third kappa shape index (κ3) is 2.68. The Morgan fingerprint density at radius 3 is 2.45 bits per heavy atom. The van der Waals surface area contributed by atoms with E-state index in [1.807, 2.05) is 12.1 Å². The highest BCUT2D eigenvalue weighted by Gasteiger charge is 2.50. The molecule has 1 heterocycles. The Hall–Kier alpha value is -1.49. The lowest BCUT2D eigenvalue weighted by molar-refractivity contribution is -0.134. The molecule has 20 heavy (non-hydrogen) atoms. The topological polar surface area (TPSA) is 54.5 Å². The van der Waals surface area contributed by atoms with Crippen LogP contribution in [0.1, 0.15) is 26.7 Å². The third-order valence-corrected chi connectivity index (χ3v) is 4.28. The Kier molecular flexibility index (Phi) is 4.09. The molecule has 1 amide bonds. The van der Waals surface area contributed by atoms with Gasteiger partial charge in [-0.1, -0.05) is 15.9 Å². The van der Waals surface area contributed by atoms with Gasteiger partial charge in [0, 0.05) is 16.6 Å². The molecule has 1 unspecified atom stereocenters. The van der Waals surface area contributed by atoms with Crippen molar-refractivity contribution in [1.29, 1.82) is 0 Å². The number of rotatable bonds is 4. The molecule has 0 aliphatic carbocycles. The number of amides is 1. The van der Waals surface area contributed by atoms with Crippen LogP contribution >= 0.6 is 15.9 Å². The monoisotopic (exact) mass is 337 g/mol.